The van der Waals surface area contributed by atoms with Crippen molar-refractivity contribution in [2.45, 2.75) is 13.0 Å². The van der Waals surface area contributed by atoms with Crippen LogP contribution < -0.4 is 10.1 Å². The minimum absolute atomic E-state index is 0.0362. The lowest BCUT2D eigenvalue weighted by Gasteiger charge is -2.15. The predicted molar refractivity (Wildman–Crippen MR) is 91.7 cm³/mol. The van der Waals surface area contributed by atoms with Crippen molar-refractivity contribution in [2.75, 3.05) is 5.32 Å². The third-order valence-corrected chi connectivity index (χ3v) is 3.50. The molecule has 0 saturated heterocycles. The van der Waals surface area contributed by atoms with Crippen molar-refractivity contribution in [1.82, 2.24) is 0 Å². The lowest BCUT2D eigenvalue weighted by Crippen LogP contribution is -2.02. The maximum absolute atomic E-state index is 5.98. The molecule has 3 rings (SSSR count). The molecule has 3 aromatic rings. The Morgan fingerprint density at radius 1 is 0.682 bits per heavy atom. The van der Waals surface area contributed by atoms with Crippen LogP contribution in [0.4, 0.5) is 11.4 Å². The highest BCUT2D eigenvalue weighted by Gasteiger charge is 2.06. The van der Waals surface area contributed by atoms with Gasteiger partial charge < -0.3 is 10.1 Å². The number of rotatable bonds is 5. The molecule has 2 nitrogen and oxygen atoms in total. The maximum atomic E-state index is 5.98. The van der Waals surface area contributed by atoms with Crippen molar-refractivity contribution in [3.63, 3.8) is 0 Å². The Bertz CT molecular complexity index is 693. The van der Waals surface area contributed by atoms with E-state index in [1.807, 2.05) is 72.8 Å². The van der Waals surface area contributed by atoms with E-state index in [-0.39, 0.29) is 6.10 Å². The number of para-hydroxylation sites is 1. The van der Waals surface area contributed by atoms with Crippen LogP contribution in [0.15, 0.2) is 84.9 Å². The van der Waals surface area contributed by atoms with E-state index in [1.165, 1.54) is 5.56 Å². The standard InChI is InChI=1S/C20H19NO/c1-16(17-8-4-2-5-9-17)22-20-14-12-19(13-15-20)21-18-10-6-3-7-11-18/h2-16,21H,1H3. The lowest BCUT2D eigenvalue weighted by molar-refractivity contribution is 0.227. The third kappa shape index (κ3) is 3.67. The number of ether oxygens (including phenoxy) is 1. The first kappa shape index (κ1) is 14.2. The fourth-order valence-corrected chi connectivity index (χ4v) is 2.30. The normalized spacial score (nSPS) is 11.7. The van der Waals surface area contributed by atoms with Crippen LogP contribution in [0.25, 0.3) is 0 Å². The molecule has 0 radical (unpaired) electrons. The molecule has 1 atom stereocenters. The fourth-order valence-electron chi connectivity index (χ4n) is 2.30. The van der Waals surface area contributed by atoms with Gasteiger partial charge in [0.25, 0.3) is 0 Å². The topological polar surface area (TPSA) is 21.3 Å². The summed E-state index contributed by atoms with van der Waals surface area (Å²) in [4.78, 5) is 0. The molecule has 0 heterocycles. The van der Waals surface area contributed by atoms with Gasteiger partial charge >= 0.3 is 0 Å². The highest BCUT2D eigenvalue weighted by molar-refractivity contribution is 5.60. The average Bonchev–Trinajstić information content (AvgIpc) is 2.58. The van der Waals surface area contributed by atoms with Crippen molar-refractivity contribution in [3.05, 3.63) is 90.5 Å². The lowest BCUT2D eigenvalue weighted by atomic mass is 10.1. The van der Waals surface area contributed by atoms with E-state index in [4.69, 9.17) is 4.74 Å². The van der Waals surface area contributed by atoms with E-state index in [0.29, 0.717) is 0 Å². The highest BCUT2D eigenvalue weighted by Crippen LogP contribution is 2.24. The van der Waals surface area contributed by atoms with Gasteiger partial charge in [0.1, 0.15) is 11.9 Å². The molecule has 0 fully saturated rings. The Morgan fingerprint density at radius 3 is 1.86 bits per heavy atom. The molecule has 0 aliphatic carbocycles. The van der Waals surface area contributed by atoms with E-state index in [1.54, 1.807) is 0 Å². The van der Waals surface area contributed by atoms with Crippen LogP contribution in [0, 0.1) is 0 Å². The minimum Gasteiger partial charge on any atom is -0.486 e. The van der Waals surface area contributed by atoms with Crippen LogP contribution in [0.2, 0.25) is 0 Å². The molecule has 0 saturated carbocycles. The van der Waals surface area contributed by atoms with E-state index >= 15 is 0 Å². The maximum Gasteiger partial charge on any atom is 0.121 e. The zero-order chi connectivity index (χ0) is 15.2. The summed E-state index contributed by atoms with van der Waals surface area (Å²) >= 11 is 0. The second kappa shape index (κ2) is 6.81. The zero-order valence-electron chi connectivity index (χ0n) is 12.6. The van der Waals surface area contributed by atoms with Gasteiger partial charge in [-0.05, 0) is 48.9 Å². The third-order valence-electron chi connectivity index (χ3n) is 3.50. The number of hydrogen-bond acceptors (Lipinski definition) is 2. The Labute approximate surface area is 131 Å². The molecule has 0 amide bonds. The molecule has 110 valence electrons. The predicted octanol–water partition coefficient (Wildman–Crippen LogP) is 5.57. The molecule has 3 aromatic carbocycles. The first-order valence-electron chi connectivity index (χ1n) is 7.45. The summed E-state index contributed by atoms with van der Waals surface area (Å²) < 4.78 is 5.98. The molecule has 22 heavy (non-hydrogen) atoms. The summed E-state index contributed by atoms with van der Waals surface area (Å²) in [6, 6.07) is 28.4. The van der Waals surface area contributed by atoms with Gasteiger partial charge in [0.05, 0.1) is 0 Å². The number of nitrogens with one attached hydrogen (secondary N) is 1. The number of anilines is 2. The molecule has 1 unspecified atom stereocenters. The van der Waals surface area contributed by atoms with Gasteiger partial charge in [0, 0.05) is 11.4 Å². The van der Waals surface area contributed by atoms with Crippen molar-refractivity contribution < 1.29 is 4.74 Å². The van der Waals surface area contributed by atoms with E-state index in [0.717, 1.165) is 17.1 Å². The molecular formula is C20H19NO. The first-order valence-corrected chi connectivity index (χ1v) is 7.45. The van der Waals surface area contributed by atoms with Crippen LogP contribution in [0.5, 0.6) is 5.75 Å². The molecule has 0 aromatic heterocycles. The van der Waals surface area contributed by atoms with Crippen LogP contribution >= 0.6 is 0 Å². The summed E-state index contributed by atoms with van der Waals surface area (Å²) in [6.45, 7) is 2.06. The summed E-state index contributed by atoms with van der Waals surface area (Å²) in [5.41, 5.74) is 3.30. The number of hydrogen-bond donors (Lipinski definition) is 1. The quantitative estimate of drug-likeness (QED) is 0.663. The number of benzene rings is 3. The largest absolute Gasteiger partial charge is 0.486 e. The van der Waals surface area contributed by atoms with Crippen molar-refractivity contribution >= 4 is 11.4 Å². The van der Waals surface area contributed by atoms with Crippen molar-refractivity contribution in [3.8, 4) is 5.75 Å². The molecule has 2 heteroatoms. The summed E-state index contributed by atoms with van der Waals surface area (Å²) in [5.74, 6) is 0.870. The van der Waals surface area contributed by atoms with Crippen LogP contribution in [-0.4, -0.2) is 0 Å². The van der Waals surface area contributed by atoms with Crippen LogP contribution in [0.3, 0.4) is 0 Å². The molecule has 1 N–H and O–H groups in total. The molecule has 0 bridgehead atoms. The van der Waals surface area contributed by atoms with Gasteiger partial charge in [-0.2, -0.15) is 0 Å². The van der Waals surface area contributed by atoms with Gasteiger partial charge in [0.15, 0.2) is 0 Å². The Balaban J connectivity index is 1.64. The van der Waals surface area contributed by atoms with Gasteiger partial charge in [-0.3, -0.25) is 0 Å². The fraction of sp³-hybridized carbons (Fsp3) is 0.100. The van der Waals surface area contributed by atoms with Gasteiger partial charge in [-0.1, -0.05) is 48.5 Å². The smallest absolute Gasteiger partial charge is 0.121 e. The van der Waals surface area contributed by atoms with E-state index in [9.17, 15) is 0 Å². The Kier molecular flexibility index (Phi) is 4.40. The van der Waals surface area contributed by atoms with E-state index < -0.39 is 0 Å². The molecule has 0 spiro atoms. The summed E-state index contributed by atoms with van der Waals surface area (Å²) in [5, 5.41) is 3.36. The van der Waals surface area contributed by atoms with Gasteiger partial charge in [-0.25, -0.2) is 0 Å². The summed E-state index contributed by atoms with van der Waals surface area (Å²) in [7, 11) is 0. The minimum atomic E-state index is 0.0362. The molecule has 0 aliphatic rings. The van der Waals surface area contributed by atoms with Gasteiger partial charge in [-0.15, -0.1) is 0 Å². The molecular weight excluding hydrogens is 270 g/mol. The SMILES string of the molecule is CC(Oc1ccc(Nc2ccccc2)cc1)c1ccccc1. The van der Waals surface area contributed by atoms with Crippen LogP contribution in [0.1, 0.15) is 18.6 Å². The second-order valence-electron chi connectivity index (χ2n) is 5.19. The van der Waals surface area contributed by atoms with Gasteiger partial charge in [0.2, 0.25) is 0 Å². The second-order valence-corrected chi connectivity index (χ2v) is 5.19. The van der Waals surface area contributed by atoms with E-state index in [2.05, 4.69) is 24.4 Å². The monoisotopic (exact) mass is 289 g/mol. The summed E-state index contributed by atoms with van der Waals surface area (Å²) in [6.07, 6.45) is 0.0362. The average molecular weight is 289 g/mol. The van der Waals surface area contributed by atoms with Crippen LogP contribution in [-0.2, 0) is 0 Å². The van der Waals surface area contributed by atoms with Crippen molar-refractivity contribution in [2.24, 2.45) is 0 Å². The Morgan fingerprint density at radius 2 is 1.23 bits per heavy atom. The highest BCUT2D eigenvalue weighted by atomic mass is 16.5. The Hall–Kier alpha value is -2.74. The first-order chi connectivity index (χ1) is 10.8. The zero-order valence-corrected chi connectivity index (χ0v) is 12.6. The molecule has 0 aliphatic heterocycles. The van der Waals surface area contributed by atoms with Crippen molar-refractivity contribution in [1.29, 1.82) is 0 Å².